The van der Waals surface area contributed by atoms with Crippen molar-refractivity contribution in [3.63, 3.8) is 0 Å². The fourth-order valence-corrected chi connectivity index (χ4v) is 3.74. The minimum absolute atomic E-state index is 0.0422. The summed E-state index contributed by atoms with van der Waals surface area (Å²) in [5.74, 6) is 0.561. The first kappa shape index (κ1) is 12.6. The molecule has 0 bridgehead atoms. The monoisotopic (exact) mass is 244 g/mol. The van der Waals surface area contributed by atoms with Crippen LogP contribution in [0.3, 0.4) is 0 Å². The van der Waals surface area contributed by atoms with Gasteiger partial charge in [-0.25, -0.2) is 0 Å². The Balaban J connectivity index is 2.57. The van der Waals surface area contributed by atoms with E-state index in [0.717, 1.165) is 0 Å². The molecule has 0 spiro atoms. The van der Waals surface area contributed by atoms with E-state index in [9.17, 15) is 0 Å². The van der Waals surface area contributed by atoms with Gasteiger partial charge in [0.15, 0.2) is 0 Å². The maximum Gasteiger partial charge on any atom is 0.000426 e. The third-order valence-corrected chi connectivity index (χ3v) is 4.98. The van der Waals surface area contributed by atoms with Crippen LogP contribution in [0.5, 0.6) is 0 Å². The lowest BCUT2D eigenvalue weighted by molar-refractivity contribution is 0.977. The van der Waals surface area contributed by atoms with Gasteiger partial charge in [-0.05, 0) is 49.2 Å². The van der Waals surface area contributed by atoms with Gasteiger partial charge in [-0.2, -0.15) is 0 Å². The van der Waals surface area contributed by atoms with Gasteiger partial charge in [0, 0.05) is 5.92 Å². The van der Waals surface area contributed by atoms with E-state index >= 15 is 0 Å². The van der Waals surface area contributed by atoms with E-state index in [1.165, 1.54) is 27.6 Å². The summed E-state index contributed by atoms with van der Waals surface area (Å²) < 4.78 is 0. The lowest BCUT2D eigenvalue weighted by atomic mass is 9.94. The van der Waals surface area contributed by atoms with Crippen LogP contribution in [0, 0.1) is 5.92 Å². The highest BCUT2D eigenvalue weighted by atomic mass is 31.1. The molecule has 17 heavy (non-hydrogen) atoms. The topological polar surface area (TPSA) is 0 Å². The Hall–Kier alpha value is -0.870. The number of hydrogen-bond acceptors (Lipinski definition) is 0. The molecule has 0 aliphatic heterocycles. The van der Waals surface area contributed by atoms with E-state index < -0.39 is 0 Å². The van der Waals surface area contributed by atoms with Crippen molar-refractivity contribution in [1.82, 2.24) is 0 Å². The minimum Gasteiger partial charge on any atom is -0.0810 e. The van der Waals surface area contributed by atoms with Gasteiger partial charge in [0.25, 0.3) is 0 Å². The maximum absolute atomic E-state index is 2.38. The molecular formula is C16H21P. The van der Waals surface area contributed by atoms with Crippen molar-refractivity contribution >= 4 is 18.8 Å². The van der Waals surface area contributed by atoms with E-state index in [1.807, 2.05) is 0 Å². The highest BCUT2D eigenvalue weighted by Gasteiger charge is 2.21. The molecule has 1 unspecified atom stereocenters. The van der Waals surface area contributed by atoms with Crippen LogP contribution in [0.15, 0.2) is 41.5 Å². The molecule has 0 radical (unpaired) electrons. The van der Waals surface area contributed by atoms with E-state index in [1.54, 1.807) is 0 Å². The first-order valence-corrected chi connectivity index (χ1v) is 8.42. The normalized spacial score (nSPS) is 20.1. The van der Waals surface area contributed by atoms with Crippen molar-refractivity contribution in [2.45, 2.75) is 20.8 Å². The van der Waals surface area contributed by atoms with Crippen molar-refractivity contribution in [3.8, 4) is 0 Å². The summed E-state index contributed by atoms with van der Waals surface area (Å²) in [7, 11) is -0.0422. The minimum atomic E-state index is -0.0422. The highest BCUT2D eigenvalue weighted by Crippen LogP contribution is 2.39. The second-order valence-electron chi connectivity index (χ2n) is 5.09. The molecule has 0 aromatic heterocycles. The molecule has 2 rings (SSSR count). The van der Waals surface area contributed by atoms with Crippen LogP contribution in [0.1, 0.15) is 26.3 Å². The summed E-state index contributed by atoms with van der Waals surface area (Å²) in [5, 5.41) is 1.53. The van der Waals surface area contributed by atoms with Crippen LogP contribution < -0.4 is 5.30 Å². The summed E-state index contributed by atoms with van der Waals surface area (Å²) in [6.45, 7) is 11.5. The summed E-state index contributed by atoms with van der Waals surface area (Å²) in [4.78, 5) is 0. The summed E-state index contributed by atoms with van der Waals surface area (Å²) in [6, 6.07) is 8.91. The lowest BCUT2D eigenvalue weighted by Gasteiger charge is -2.18. The van der Waals surface area contributed by atoms with Gasteiger partial charge in [0.2, 0.25) is 0 Å². The summed E-state index contributed by atoms with van der Waals surface area (Å²) >= 11 is 0. The lowest BCUT2D eigenvalue weighted by Crippen LogP contribution is -2.09. The molecule has 0 saturated carbocycles. The number of benzene rings is 1. The van der Waals surface area contributed by atoms with Gasteiger partial charge in [-0.3, -0.25) is 0 Å². The smallest absolute Gasteiger partial charge is 0.000426 e. The summed E-state index contributed by atoms with van der Waals surface area (Å²) in [6.07, 6.45) is 2.38. The van der Waals surface area contributed by atoms with Crippen LogP contribution in [-0.2, 0) is 0 Å². The van der Waals surface area contributed by atoms with Crippen LogP contribution in [0.2, 0.25) is 0 Å². The van der Waals surface area contributed by atoms with Crippen molar-refractivity contribution in [1.29, 1.82) is 0 Å². The van der Waals surface area contributed by atoms with Gasteiger partial charge >= 0.3 is 0 Å². The predicted octanol–water partition coefficient (Wildman–Crippen LogP) is 4.42. The molecule has 0 heterocycles. The number of rotatable bonds is 2. The predicted molar refractivity (Wildman–Crippen MR) is 80.4 cm³/mol. The van der Waals surface area contributed by atoms with Crippen molar-refractivity contribution in [3.05, 3.63) is 47.1 Å². The Morgan fingerprint density at radius 1 is 1.06 bits per heavy atom. The quantitative estimate of drug-likeness (QED) is 0.675. The molecule has 90 valence electrons. The molecule has 1 heteroatoms. The largest absolute Gasteiger partial charge is 0.0810 e. The molecule has 0 nitrogen and oxygen atoms in total. The van der Waals surface area contributed by atoms with Gasteiger partial charge in [0.05, 0.1) is 0 Å². The Morgan fingerprint density at radius 2 is 1.71 bits per heavy atom. The maximum atomic E-state index is 2.38. The molecule has 1 aromatic carbocycles. The average Bonchev–Trinajstić information content (AvgIpc) is 2.53. The van der Waals surface area contributed by atoms with E-state index in [4.69, 9.17) is 0 Å². The Bertz CT molecular complexity index is 492. The Morgan fingerprint density at radius 3 is 2.24 bits per heavy atom. The van der Waals surface area contributed by atoms with Crippen LogP contribution in [0.25, 0.3) is 5.57 Å². The third-order valence-electron chi connectivity index (χ3n) is 3.63. The average molecular weight is 244 g/mol. The third kappa shape index (κ3) is 2.24. The summed E-state index contributed by atoms with van der Waals surface area (Å²) in [5.41, 5.74) is 5.93. The Kier molecular flexibility index (Phi) is 3.54. The molecule has 1 atom stereocenters. The molecule has 0 fully saturated rings. The Labute approximate surface area is 106 Å². The highest BCUT2D eigenvalue weighted by molar-refractivity contribution is 7.64. The van der Waals surface area contributed by atoms with Gasteiger partial charge in [-0.1, -0.05) is 50.8 Å². The van der Waals surface area contributed by atoms with Crippen molar-refractivity contribution in [2.24, 2.45) is 5.92 Å². The van der Waals surface area contributed by atoms with Gasteiger partial charge in [-0.15, -0.1) is 0 Å². The van der Waals surface area contributed by atoms with Crippen LogP contribution in [-0.4, -0.2) is 13.3 Å². The van der Waals surface area contributed by atoms with Crippen LogP contribution >= 0.6 is 7.92 Å². The molecule has 1 aliphatic rings. The molecule has 1 aliphatic carbocycles. The van der Waals surface area contributed by atoms with Gasteiger partial charge < -0.3 is 0 Å². The molecule has 0 N–H and O–H groups in total. The first-order chi connectivity index (χ1) is 8.02. The fraction of sp³-hybridized carbons (Fsp3) is 0.375. The molecule has 0 saturated heterocycles. The van der Waals surface area contributed by atoms with Crippen molar-refractivity contribution < 1.29 is 0 Å². The zero-order valence-electron chi connectivity index (χ0n) is 11.4. The van der Waals surface area contributed by atoms with Crippen molar-refractivity contribution in [2.75, 3.05) is 13.3 Å². The van der Waals surface area contributed by atoms with E-state index in [2.05, 4.69) is 64.4 Å². The SMILES string of the molecule is CC1=CC(C)C(c2ccccc2P(C)C)=C1C. The first-order valence-electron chi connectivity index (χ1n) is 6.18. The number of allylic oxidation sites excluding steroid dienone is 4. The van der Waals surface area contributed by atoms with Gasteiger partial charge in [0.1, 0.15) is 0 Å². The zero-order chi connectivity index (χ0) is 12.6. The standard InChI is InChI=1S/C16H21P/c1-11-10-12(2)16(13(11)3)14-8-6-7-9-15(14)17(4)5/h6-10,12H,1-5H3. The molecule has 0 amide bonds. The second kappa shape index (κ2) is 4.78. The second-order valence-corrected chi connectivity index (χ2v) is 7.36. The van der Waals surface area contributed by atoms with E-state index in [-0.39, 0.29) is 7.92 Å². The zero-order valence-corrected chi connectivity index (χ0v) is 12.3. The number of hydrogen-bond donors (Lipinski definition) is 0. The molecule has 1 aromatic rings. The fourth-order valence-electron chi connectivity index (χ4n) is 2.68. The molecular weight excluding hydrogens is 223 g/mol. The van der Waals surface area contributed by atoms with E-state index in [0.29, 0.717) is 5.92 Å². The van der Waals surface area contributed by atoms with Crippen LogP contribution in [0.4, 0.5) is 0 Å².